The van der Waals surface area contributed by atoms with E-state index in [1.807, 2.05) is 55.5 Å². The van der Waals surface area contributed by atoms with Crippen molar-refractivity contribution in [1.29, 1.82) is 0 Å². The average molecular weight is 288 g/mol. The molecule has 0 radical (unpaired) electrons. The van der Waals surface area contributed by atoms with Crippen LogP contribution in [0.25, 0.3) is 27.8 Å². The van der Waals surface area contributed by atoms with E-state index in [9.17, 15) is 4.79 Å². The topological polar surface area (TPSA) is 60.1 Å². The second-order valence-corrected chi connectivity index (χ2v) is 5.16. The second-order valence-electron chi connectivity index (χ2n) is 5.16. The third-order valence-corrected chi connectivity index (χ3v) is 3.61. The SMILES string of the molecule is Cc1ccc(-c2nn3cnc4ccccc4c3nc2=O)cc1. The van der Waals surface area contributed by atoms with E-state index >= 15 is 0 Å². The minimum Gasteiger partial charge on any atom is -0.265 e. The van der Waals surface area contributed by atoms with Crippen LogP contribution >= 0.6 is 0 Å². The van der Waals surface area contributed by atoms with Crippen molar-refractivity contribution in [2.75, 3.05) is 0 Å². The van der Waals surface area contributed by atoms with Gasteiger partial charge in [-0.05, 0) is 19.1 Å². The number of nitrogens with zero attached hydrogens (tertiary/aromatic N) is 4. The van der Waals surface area contributed by atoms with Crippen LogP contribution in [0.2, 0.25) is 0 Å². The summed E-state index contributed by atoms with van der Waals surface area (Å²) in [5, 5.41) is 5.21. The highest BCUT2D eigenvalue weighted by Crippen LogP contribution is 2.17. The Morgan fingerprint density at radius 2 is 1.77 bits per heavy atom. The molecular weight excluding hydrogens is 276 g/mol. The normalized spacial score (nSPS) is 11.1. The lowest BCUT2D eigenvalue weighted by Gasteiger charge is -2.05. The van der Waals surface area contributed by atoms with Gasteiger partial charge in [-0.15, -0.1) is 0 Å². The first kappa shape index (κ1) is 12.6. The van der Waals surface area contributed by atoms with Crippen LogP contribution in [0.1, 0.15) is 5.56 Å². The van der Waals surface area contributed by atoms with Crippen molar-refractivity contribution in [3.05, 3.63) is 70.8 Å². The van der Waals surface area contributed by atoms with E-state index in [1.54, 1.807) is 10.8 Å². The van der Waals surface area contributed by atoms with Gasteiger partial charge in [-0.2, -0.15) is 10.1 Å². The van der Waals surface area contributed by atoms with Gasteiger partial charge in [0.05, 0.1) is 5.52 Å². The molecule has 0 N–H and O–H groups in total. The molecule has 0 spiro atoms. The fourth-order valence-corrected chi connectivity index (χ4v) is 2.45. The van der Waals surface area contributed by atoms with Gasteiger partial charge in [0.2, 0.25) is 0 Å². The number of rotatable bonds is 1. The highest BCUT2D eigenvalue weighted by atomic mass is 16.1. The molecule has 0 saturated carbocycles. The monoisotopic (exact) mass is 288 g/mol. The third-order valence-electron chi connectivity index (χ3n) is 3.61. The van der Waals surface area contributed by atoms with Gasteiger partial charge in [0.25, 0.3) is 5.56 Å². The number of aryl methyl sites for hydroxylation is 1. The Kier molecular flexibility index (Phi) is 2.72. The minimum absolute atomic E-state index is 0.328. The van der Waals surface area contributed by atoms with Gasteiger partial charge in [0, 0.05) is 10.9 Å². The number of para-hydroxylation sites is 1. The third kappa shape index (κ3) is 1.95. The van der Waals surface area contributed by atoms with Crippen molar-refractivity contribution in [2.24, 2.45) is 0 Å². The van der Waals surface area contributed by atoms with Crippen LogP contribution in [0.15, 0.2) is 59.7 Å². The maximum Gasteiger partial charge on any atom is 0.300 e. The molecule has 0 aliphatic carbocycles. The van der Waals surface area contributed by atoms with E-state index in [2.05, 4.69) is 15.1 Å². The summed E-state index contributed by atoms with van der Waals surface area (Å²) in [5.74, 6) is 0. The molecule has 22 heavy (non-hydrogen) atoms. The van der Waals surface area contributed by atoms with Crippen molar-refractivity contribution >= 4 is 16.6 Å². The molecule has 5 heteroatoms. The summed E-state index contributed by atoms with van der Waals surface area (Å²) in [6.45, 7) is 2.00. The maximum atomic E-state index is 12.4. The first-order chi connectivity index (χ1) is 10.7. The van der Waals surface area contributed by atoms with Crippen molar-refractivity contribution in [1.82, 2.24) is 19.6 Å². The summed E-state index contributed by atoms with van der Waals surface area (Å²) >= 11 is 0. The summed E-state index contributed by atoms with van der Waals surface area (Å²) in [6.07, 6.45) is 1.59. The molecule has 4 aromatic rings. The molecule has 0 amide bonds. The lowest BCUT2D eigenvalue weighted by atomic mass is 10.1. The zero-order valence-electron chi connectivity index (χ0n) is 11.9. The first-order valence-electron chi connectivity index (χ1n) is 6.94. The molecule has 4 rings (SSSR count). The highest BCUT2D eigenvalue weighted by Gasteiger charge is 2.10. The smallest absolute Gasteiger partial charge is 0.265 e. The van der Waals surface area contributed by atoms with Gasteiger partial charge in [0.15, 0.2) is 11.3 Å². The summed E-state index contributed by atoms with van der Waals surface area (Å²) in [4.78, 5) is 20.9. The van der Waals surface area contributed by atoms with Gasteiger partial charge in [-0.1, -0.05) is 42.0 Å². The molecule has 2 aromatic carbocycles. The van der Waals surface area contributed by atoms with Gasteiger partial charge in [0.1, 0.15) is 6.33 Å². The predicted octanol–water partition coefficient (Wildman–Crippen LogP) is 2.61. The molecule has 2 aromatic heterocycles. The summed E-state index contributed by atoms with van der Waals surface area (Å²) in [6, 6.07) is 15.2. The van der Waals surface area contributed by atoms with Crippen molar-refractivity contribution in [2.45, 2.75) is 6.92 Å². The molecule has 106 valence electrons. The number of hydrogen-bond donors (Lipinski definition) is 0. The standard InChI is InChI=1S/C17H12N4O/c1-11-6-8-12(9-7-11)15-17(22)19-16-13-4-2-3-5-14(13)18-10-21(16)20-15/h2-10H,1H3. The van der Waals surface area contributed by atoms with E-state index in [4.69, 9.17) is 0 Å². The van der Waals surface area contributed by atoms with E-state index in [0.717, 1.165) is 22.0 Å². The number of fused-ring (bicyclic) bond motifs is 3. The summed E-state index contributed by atoms with van der Waals surface area (Å²) < 4.78 is 1.55. The fraction of sp³-hybridized carbons (Fsp3) is 0.0588. The van der Waals surface area contributed by atoms with Crippen molar-refractivity contribution in [3.8, 4) is 11.3 Å². The molecule has 0 fully saturated rings. The summed E-state index contributed by atoms with van der Waals surface area (Å²) in [7, 11) is 0. The Hall–Kier alpha value is -3.08. The van der Waals surface area contributed by atoms with Crippen LogP contribution in [-0.4, -0.2) is 19.6 Å². The van der Waals surface area contributed by atoms with Gasteiger partial charge in [-0.25, -0.2) is 9.50 Å². The zero-order valence-corrected chi connectivity index (χ0v) is 11.9. The minimum atomic E-state index is -0.333. The fourth-order valence-electron chi connectivity index (χ4n) is 2.45. The molecule has 0 atom stereocenters. The number of hydrogen-bond acceptors (Lipinski definition) is 4. The van der Waals surface area contributed by atoms with Crippen LogP contribution in [0.3, 0.4) is 0 Å². The van der Waals surface area contributed by atoms with E-state index in [-0.39, 0.29) is 5.56 Å². The molecule has 0 aliphatic rings. The molecule has 5 nitrogen and oxygen atoms in total. The highest BCUT2D eigenvalue weighted by molar-refractivity contribution is 5.90. The van der Waals surface area contributed by atoms with E-state index < -0.39 is 0 Å². The van der Waals surface area contributed by atoms with E-state index in [0.29, 0.717) is 11.3 Å². The maximum absolute atomic E-state index is 12.4. The van der Waals surface area contributed by atoms with Crippen LogP contribution in [0, 0.1) is 6.92 Å². The molecule has 0 bridgehead atoms. The molecule has 0 unspecified atom stereocenters. The average Bonchev–Trinajstić information content (AvgIpc) is 2.55. The largest absolute Gasteiger partial charge is 0.300 e. The first-order valence-corrected chi connectivity index (χ1v) is 6.94. The van der Waals surface area contributed by atoms with Gasteiger partial charge in [-0.3, -0.25) is 4.79 Å². The Morgan fingerprint density at radius 3 is 2.59 bits per heavy atom. The van der Waals surface area contributed by atoms with Gasteiger partial charge < -0.3 is 0 Å². The molecule has 0 saturated heterocycles. The number of benzene rings is 2. The Bertz CT molecular complexity index is 1050. The van der Waals surface area contributed by atoms with Crippen LogP contribution in [0.4, 0.5) is 0 Å². The Morgan fingerprint density at radius 1 is 1.00 bits per heavy atom. The van der Waals surface area contributed by atoms with Gasteiger partial charge >= 0.3 is 0 Å². The number of aromatic nitrogens is 4. The summed E-state index contributed by atoms with van der Waals surface area (Å²) in [5.41, 5.74) is 3.19. The van der Waals surface area contributed by atoms with Crippen molar-refractivity contribution < 1.29 is 0 Å². The van der Waals surface area contributed by atoms with Crippen LogP contribution in [0.5, 0.6) is 0 Å². The lowest BCUT2D eigenvalue weighted by molar-refractivity contribution is 0.871. The molecular formula is C17H12N4O. The lowest BCUT2D eigenvalue weighted by Crippen LogP contribution is -2.16. The van der Waals surface area contributed by atoms with Crippen LogP contribution < -0.4 is 5.56 Å². The van der Waals surface area contributed by atoms with Crippen LogP contribution in [-0.2, 0) is 0 Å². The molecule has 0 aliphatic heterocycles. The Balaban J connectivity index is 2.03. The Labute approximate surface area is 125 Å². The molecule has 2 heterocycles. The van der Waals surface area contributed by atoms with Crippen molar-refractivity contribution in [3.63, 3.8) is 0 Å². The quantitative estimate of drug-likeness (QED) is 0.505. The predicted molar refractivity (Wildman–Crippen MR) is 84.7 cm³/mol. The second kappa shape index (κ2) is 4.73. The zero-order chi connectivity index (χ0) is 15.1. The van der Waals surface area contributed by atoms with E-state index in [1.165, 1.54) is 0 Å².